The monoisotopic (exact) mass is 633 g/mol. The van der Waals surface area contributed by atoms with Crippen LogP contribution in [-0.2, 0) is 9.47 Å². The molecule has 3 aromatic rings. The highest BCUT2D eigenvalue weighted by Gasteiger charge is 2.50. The highest BCUT2D eigenvalue weighted by Crippen LogP contribution is 2.40. The summed E-state index contributed by atoms with van der Waals surface area (Å²) >= 11 is 0. The van der Waals surface area contributed by atoms with Crippen molar-refractivity contribution >= 4 is 23.0 Å². The molecule has 2 fully saturated rings. The molecule has 44 heavy (non-hydrogen) atoms. The minimum Gasteiger partial charge on any atom is -0.382 e. The van der Waals surface area contributed by atoms with Gasteiger partial charge in [-0.25, -0.2) is 14.4 Å². The van der Waals surface area contributed by atoms with Crippen LogP contribution < -0.4 is 10.6 Å². The summed E-state index contributed by atoms with van der Waals surface area (Å²) in [5, 5.41) is 12.0. The standard InChI is InChI=1S/C26H29F6N7O5/c1-24(2,26(30,31)32)43-10-16(35-22(40)20-19(12-4-5-12)37-44-38-20)21-33-14-7-6-13(8-15(14)34-21)17(11-42-3)39-9-18(25(27,28)29)36-23(39)41/h6-8,12,16-18H,4-5,9-11H2,1-3H3,(H,33,34)(H,35,40)(H,36,41)/t16-,17+,18-/m0/s1. The van der Waals surface area contributed by atoms with E-state index in [-0.39, 0.29) is 24.0 Å². The fourth-order valence-corrected chi connectivity index (χ4v) is 4.72. The van der Waals surface area contributed by atoms with Gasteiger partial charge in [0.15, 0.2) is 11.3 Å². The number of aromatic amines is 1. The van der Waals surface area contributed by atoms with Crippen LogP contribution in [0.1, 0.15) is 72.3 Å². The topological polar surface area (TPSA) is 147 Å². The number of fused-ring (bicyclic) bond motifs is 1. The van der Waals surface area contributed by atoms with E-state index in [4.69, 9.17) is 14.1 Å². The lowest BCUT2D eigenvalue weighted by Gasteiger charge is -2.29. The van der Waals surface area contributed by atoms with Gasteiger partial charge in [-0.15, -0.1) is 0 Å². The van der Waals surface area contributed by atoms with Gasteiger partial charge in [0, 0.05) is 13.0 Å². The maximum atomic E-state index is 13.5. The molecule has 240 valence electrons. The molecule has 1 saturated carbocycles. The molecule has 5 rings (SSSR count). The molecule has 0 radical (unpaired) electrons. The number of imidazole rings is 1. The molecule has 2 aromatic heterocycles. The van der Waals surface area contributed by atoms with Gasteiger partial charge in [0.05, 0.1) is 36.8 Å². The van der Waals surface area contributed by atoms with Gasteiger partial charge < -0.3 is 30.0 Å². The Labute approximate surface area is 245 Å². The van der Waals surface area contributed by atoms with Crippen molar-refractivity contribution in [1.29, 1.82) is 0 Å². The van der Waals surface area contributed by atoms with E-state index in [0.717, 1.165) is 31.6 Å². The molecule has 12 nitrogen and oxygen atoms in total. The van der Waals surface area contributed by atoms with E-state index >= 15 is 0 Å². The van der Waals surface area contributed by atoms with Crippen LogP contribution in [0.2, 0.25) is 0 Å². The molecular weight excluding hydrogens is 604 g/mol. The Morgan fingerprint density at radius 3 is 2.50 bits per heavy atom. The summed E-state index contributed by atoms with van der Waals surface area (Å²) in [6, 6.07) is -0.497. The van der Waals surface area contributed by atoms with Crippen LogP contribution in [-0.4, -0.2) is 88.0 Å². The van der Waals surface area contributed by atoms with Crippen LogP contribution in [0, 0.1) is 0 Å². The van der Waals surface area contributed by atoms with Crippen LogP contribution in [0.5, 0.6) is 0 Å². The van der Waals surface area contributed by atoms with Crippen LogP contribution in [0.3, 0.4) is 0 Å². The fraction of sp³-hybridized carbons (Fsp3) is 0.577. The minimum atomic E-state index is -4.72. The third kappa shape index (κ3) is 6.45. The lowest BCUT2D eigenvalue weighted by atomic mass is 10.1. The summed E-state index contributed by atoms with van der Waals surface area (Å²) in [5.41, 5.74) is -1.26. The van der Waals surface area contributed by atoms with E-state index in [1.165, 1.54) is 19.2 Å². The number of amides is 3. The number of alkyl halides is 6. The molecular formula is C26H29F6N7O5. The largest absolute Gasteiger partial charge is 0.416 e. The number of nitrogens with zero attached hydrogens (tertiary/aromatic N) is 4. The SMILES string of the molecule is COC[C@H](c1ccc2nc([C@H](COC(C)(C)C(F)(F)F)NC(=O)c3nonc3C3CC3)[nH]c2c1)N1C[C@@H](C(F)(F)F)NC1=O. The van der Waals surface area contributed by atoms with Crippen LogP contribution in [0.4, 0.5) is 31.1 Å². The smallest absolute Gasteiger partial charge is 0.382 e. The summed E-state index contributed by atoms with van der Waals surface area (Å²) in [5.74, 6) is -0.728. The minimum absolute atomic E-state index is 0.00497. The number of carbonyl (C=O) groups is 2. The van der Waals surface area contributed by atoms with Crippen molar-refractivity contribution in [2.45, 2.75) is 68.7 Å². The Morgan fingerprint density at radius 1 is 1.16 bits per heavy atom. The molecule has 3 amide bonds. The highest BCUT2D eigenvalue weighted by atomic mass is 19.4. The van der Waals surface area contributed by atoms with Gasteiger partial charge >= 0.3 is 18.4 Å². The summed E-state index contributed by atoms with van der Waals surface area (Å²) in [6.45, 7) is 0.282. The average Bonchev–Trinajstić information content (AvgIpc) is 3.31. The van der Waals surface area contributed by atoms with Crippen molar-refractivity contribution in [3.63, 3.8) is 0 Å². The Bertz CT molecular complexity index is 1520. The highest BCUT2D eigenvalue weighted by molar-refractivity contribution is 5.93. The fourth-order valence-electron chi connectivity index (χ4n) is 4.72. The Morgan fingerprint density at radius 2 is 1.89 bits per heavy atom. The normalized spacial score (nSPS) is 19.3. The molecule has 2 aliphatic rings. The zero-order valence-electron chi connectivity index (χ0n) is 23.7. The quantitative estimate of drug-likeness (QED) is 0.265. The van der Waals surface area contributed by atoms with Crippen molar-refractivity contribution in [2.24, 2.45) is 0 Å². The number of methoxy groups -OCH3 is 1. The number of halogens is 6. The van der Waals surface area contributed by atoms with Crippen molar-refractivity contribution < 1.29 is 50.0 Å². The second-order valence-corrected chi connectivity index (χ2v) is 11.2. The summed E-state index contributed by atoms with van der Waals surface area (Å²) < 4.78 is 95.6. The Kier molecular flexibility index (Phi) is 8.25. The van der Waals surface area contributed by atoms with E-state index < -0.39 is 61.2 Å². The predicted molar refractivity (Wildman–Crippen MR) is 138 cm³/mol. The third-order valence-electron chi connectivity index (χ3n) is 7.56. The van der Waals surface area contributed by atoms with Gasteiger partial charge in [-0.3, -0.25) is 4.79 Å². The summed E-state index contributed by atoms with van der Waals surface area (Å²) in [7, 11) is 1.34. The number of urea groups is 1. The van der Waals surface area contributed by atoms with Crippen LogP contribution in [0.15, 0.2) is 22.8 Å². The number of hydrogen-bond acceptors (Lipinski definition) is 8. The predicted octanol–water partition coefficient (Wildman–Crippen LogP) is 4.30. The molecule has 3 N–H and O–H groups in total. The van der Waals surface area contributed by atoms with Crippen molar-refractivity contribution in [2.75, 3.05) is 26.9 Å². The van der Waals surface area contributed by atoms with Gasteiger partial charge in [-0.1, -0.05) is 11.2 Å². The van der Waals surface area contributed by atoms with Gasteiger partial charge in [0.2, 0.25) is 0 Å². The van der Waals surface area contributed by atoms with E-state index in [0.29, 0.717) is 22.3 Å². The Hall–Kier alpha value is -3.93. The first-order chi connectivity index (χ1) is 20.6. The molecule has 1 aliphatic heterocycles. The molecule has 1 saturated heterocycles. The first-order valence-electron chi connectivity index (χ1n) is 13.6. The first kappa shape index (κ1) is 31.5. The van der Waals surface area contributed by atoms with E-state index in [2.05, 4.69) is 25.6 Å². The number of rotatable bonds is 11. The number of ether oxygens (including phenoxy) is 2. The van der Waals surface area contributed by atoms with E-state index in [9.17, 15) is 35.9 Å². The summed E-state index contributed by atoms with van der Waals surface area (Å²) in [6.07, 6.45) is -7.80. The zero-order valence-corrected chi connectivity index (χ0v) is 23.7. The number of H-pyrrole nitrogens is 1. The lowest BCUT2D eigenvalue weighted by molar-refractivity contribution is -0.265. The van der Waals surface area contributed by atoms with Crippen molar-refractivity contribution in [3.05, 3.63) is 41.0 Å². The zero-order chi connectivity index (χ0) is 32.0. The molecule has 0 unspecified atom stereocenters. The van der Waals surface area contributed by atoms with E-state index in [1.54, 1.807) is 6.07 Å². The number of nitrogens with one attached hydrogen (secondary N) is 3. The molecule has 18 heteroatoms. The number of benzene rings is 1. The molecule has 0 bridgehead atoms. The molecule has 0 spiro atoms. The second-order valence-electron chi connectivity index (χ2n) is 11.2. The third-order valence-corrected chi connectivity index (χ3v) is 7.56. The second kappa shape index (κ2) is 11.5. The van der Waals surface area contributed by atoms with Crippen molar-refractivity contribution in [1.82, 2.24) is 35.8 Å². The van der Waals surface area contributed by atoms with Gasteiger partial charge in [-0.2, -0.15) is 26.3 Å². The molecule has 3 heterocycles. The molecule has 3 atom stereocenters. The number of hydrogen-bond donors (Lipinski definition) is 3. The maximum absolute atomic E-state index is 13.5. The first-order valence-corrected chi connectivity index (χ1v) is 13.6. The molecule has 1 aliphatic carbocycles. The number of aromatic nitrogens is 4. The van der Waals surface area contributed by atoms with Crippen molar-refractivity contribution in [3.8, 4) is 0 Å². The van der Waals surface area contributed by atoms with E-state index in [1.807, 2.05) is 5.32 Å². The summed E-state index contributed by atoms with van der Waals surface area (Å²) in [4.78, 5) is 34.0. The number of carbonyl (C=O) groups excluding carboxylic acids is 2. The van der Waals surface area contributed by atoms with Gasteiger partial charge in [0.1, 0.15) is 23.6 Å². The van der Waals surface area contributed by atoms with Crippen LogP contribution in [0.25, 0.3) is 11.0 Å². The lowest BCUT2D eigenvalue weighted by Crippen LogP contribution is -2.44. The van der Waals surface area contributed by atoms with Gasteiger partial charge in [-0.05, 0) is 49.5 Å². The van der Waals surface area contributed by atoms with Gasteiger partial charge in [0.25, 0.3) is 5.91 Å². The maximum Gasteiger partial charge on any atom is 0.416 e. The Balaban J connectivity index is 1.43. The molecule has 1 aromatic carbocycles. The average molecular weight is 634 g/mol. The van der Waals surface area contributed by atoms with Crippen LogP contribution >= 0.6 is 0 Å².